The molecular formula is C19H23N5OS. The number of aromatic nitrogens is 4. The molecule has 2 aromatic rings. The van der Waals surface area contributed by atoms with E-state index in [1.807, 2.05) is 36.1 Å². The van der Waals surface area contributed by atoms with Crippen LogP contribution in [0, 0.1) is 6.92 Å². The minimum absolute atomic E-state index is 0.170. The molecule has 2 aliphatic rings. The van der Waals surface area contributed by atoms with Gasteiger partial charge >= 0.3 is 0 Å². The van der Waals surface area contributed by atoms with Crippen molar-refractivity contribution in [1.29, 1.82) is 0 Å². The summed E-state index contributed by atoms with van der Waals surface area (Å²) in [5.74, 6) is 0.532. The Kier molecular flexibility index (Phi) is 5.06. The molecule has 2 aliphatic carbocycles. The van der Waals surface area contributed by atoms with Gasteiger partial charge in [-0.25, -0.2) is 0 Å². The summed E-state index contributed by atoms with van der Waals surface area (Å²) in [6.07, 6.45) is 9.01. The summed E-state index contributed by atoms with van der Waals surface area (Å²) in [5.41, 5.74) is 3.32. The van der Waals surface area contributed by atoms with E-state index >= 15 is 0 Å². The molecule has 0 aliphatic heterocycles. The zero-order valence-corrected chi connectivity index (χ0v) is 15.8. The molecule has 1 amide bonds. The third-order valence-corrected chi connectivity index (χ3v) is 5.71. The average Bonchev–Trinajstić information content (AvgIpc) is 3.38. The second-order valence-electron chi connectivity index (χ2n) is 6.93. The summed E-state index contributed by atoms with van der Waals surface area (Å²) >= 11 is 1.41. The van der Waals surface area contributed by atoms with E-state index in [2.05, 4.69) is 21.6 Å². The van der Waals surface area contributed by atoms with Crippen LogP contribution in [0.25, 0.3) is 5.69 Å². The van der Waals surface area contributed by atoms with Gasteiger partial charge in [0.2, 0.25) is 11.1 Å². The lowest BCUT2D eigenvalue weighted by Crippen LogP contribution is -2.34. The van der Waals surface area contributed by atoms with Gasteiger partial charge in [-0.1, -0.05) is 35.5 Å². The quantitative estimate of drug-likeness (QED) is 0.729. The lowest BCUT2D eigenvalue weighted by Gasteiger charge is -2.27. The van der Waals surface area contributed by atoms with Gasteiger partial charge in [-0.3, -0.25) is 4.79 Å². The van der Waals surface area contributed by atoms with Crippen LogP contribution in [0.2, 0.25) is 0 Å². The fourth-order valence-electron chi connectivity index (χ4n) is 3.28. The fraction of sp³-hybridized carbons (Fsp3) is 0.474. The summed E-state index contributed by atoms with van der Waals surface area (Å²) in [6, 6.07) is 8.43. The lowest BCUT2D eigenvalue weighted by atomic mass is 10.0. The number of thioether (sulfide) groups is 1. The van der Waals surface area contributed by atoms with E-state index < -0.39 is 0 Å². The van der Waals surface area contributed by atoms with Gasteiger partial charge < -0.3 is 4.90 Å². The smallest absolute Gasteiger partial charge is 0.237 e. The van der Waals surface area contributed by atoms with E-state index in [9.17, 15) is 4.79 Å². The normalized spacial score (nSPS) is 17.0. The highest BCUT2D eigenvalue weighted by molar-refractivity contribution is 7.99. The molecule has 26 heavy (non-hydrogen) atoms. The third kappa shape index (κ3) is 3.82. The highest BCUT2D eigenvalue weighted by atomic mass is 32.2. The van der Waals surface area contributed by atoms with Crippen molar-refractivity contribution in [3.8, 4) is 5.69 Å². The molecule has 7 heteroatoms. The van der Waals surface area contributed by atoms with Crippen LogP contribution in [-0.4, -0.2) is 42.8 Å². The Labute approximate surface area is 157 Å². The molecular weight excluding hydrogens is 346 g/mol. The Balaban J connectivity index is 1.45. The second-order valence-corrected chi connectivity index (χ2v) is 7.88. The number of allylic oxidation sites excluding steroid dienone is 2. The molecule has 0 unspecified atom stereocenters. The minimum Gasteiger partial charge on any atom is -0.313 e. The predicted molar refractivity (Wildman–Crippen MR) is 101 cm³/mol. The molecule has 0 bridgehead atoms. The maximum Gasteiger partial charge on any atom is 0.237 e. The van der Waals surface area contributed by atoms with Gasteiger partial charge in [0, 0.05) is 11.7 Å². The van der Waals surface area contributed by atoms with Crippen LogP contribution in [0.15, 0.2) is 41.2 Å². The summed E-state index contributed by atoms with van der Waals surface area (Å²) in [7, 11) is 0. The standard InChI is InChI=1S/C19H23N5OS/c1-14-7-9-17(10-8-14)24-19(20-21-22-24)26-13-18(25)23(16-11-12-16)15-5-3-2-4-6-15/h5,7-10,16H,2-4,6,11-13H2,1H3. The molecule has 0 radical (unpaired) electrons. The van der Waals surface area contributed by atoms with Crippen molar-refractivity contribution in [2.24, 2.45) is 0 Å². The zero-order chi connectivity index (χ0) is 17.9. The maximum atomic E-state index is 12.9. The SMILES string of the molecule is Cc1ccc(-n2nnnc2SCC(=O)N(C2=CCCCC2)C2CC2)cc1. The van der Waals surface area contributed by atoms with E-state index in [0.717, 1.165) is 31.4 Å². The van der Waals surface area contributed by atoms with Gasteiger partial charge in [-0.05, 0) is 68.0 Å². The average molecular weight is 369 g/mol. The Bertz CT molecular complexity index is 810. The van der Waals surface area contributed by atoms with Gasteiger partial charge in [0.15, 0.2) is 0 Å². The lowest BCUT2D eigenvalue weighted by molar-refractivity contribution is -0.127. The first kappa shape index (κ1) is 17.3. The van der Waals surface area contributed by atoms with Crippen LogP contribution < -0.4 is 0 Å². The van der Waals surface area contributed by atoms with Crippen LogP contribution in [0.5, 0.6) is 0 Å². The number of carbonyl (C=O) groups is 1. The summed E-state index contributed by atoms with van der Waals surface area (Å²) in [6.45, 7) is 2.05. The number of rotatable bonds is 6. The number of nitrogens with zero attached hydrogens (tertiary/aromatic N) is 5. The zero-order valence-electron chi connectivity index (χ0n) is 15.0. The summed E-state index contributed by atoms with van der Waals surface area (Å²) < 4.78 is 1.69. The number of amides is 1. The largest absolute Gasteiger partial charge is 0.313 e. The fourth-order valence-corrected chi connectivity index (χ4v) is 4.03. The highest BCUT2D eigenvalue weighted by Crippen LogP contribution is 2.34. The number of carbonyl (C=O) groups excluding carboxylic acids is 1. The molecule has 1 aromatic heterocycles. The van der Waals surface area contributed by atoms with Gasteiger partial charge in [0.05, 0.1) is 11.4 Å². The van der Waals surface area contributed by atoms with Gasteiger partial charge in [-0.15, -0.1) is 5.10 Å². The second kappa shape index (κ2) is 7.61. The molecule has 0 spiro atoms. The van der Waals surface area contributed by atoms with Crippen molar-refractivity contribution in [2.75, 3.05) is 5.75 Å². The van der Waals surface area contributed by atoms with E-state index in [1.54, 1.807) is 4.68 Å². The topological polar surface area (TPSA) is 63.9 Å². The highest BCUT2D eigenvalue weighted by Gasteiger charge is 2.35. The van der Waals surface area contributed by atoms with E-state index in [1.165, 1.54) is 35.9 Å². The molecule has 0 saturated heterocycles. The van der Waals surface area contributed by atoms with Crippen LogP contribution in [0.1, 0.15) is 44.1 Å². The molecule has 1 fully saturated rings. The Morgan fingerprint density at radius 3 is 2.77 bits per heavy atom. The molecule has 6 nitrogen and oxygen atoms in total. The van der Waals surface area contributed by atoms with Crippen LogP contribution in [0.3, 0.4) is 0 Å². The minimum atomic E-state index is 0.170. The van der Waals surface area contributed by atoms with Crippen molar-refractivity contribution in [3.63, 3.8) is 0 Å². The Hall–Kier alpha value is -2.15. The van der Waals surface area contributed by atoms with Gasteiger partial charge in [-0.2, -0.15) is 4.68 Å². The number of benzene rings is 1. The van der Waals surface area contributed by atoms with Crippen molar-refractivity contribution in [1.82, 2.24) is 25.1 Å². The number of tetrazole rings is 1. The number of aryl methyl sites for hydroxylation is 1. The molecule has 0 atom stereocenters. The monoisotopic (exact) mass is 369 g/mol. The molecule has 1 heterocycles. The number of hydrogen-bond acceptors (Lipinski definition) is 5. The molecule has 4 rings (SSSR count). The van der Waals surface area contributed by atoms with E-state index in [0.29, 0.717) is 17.0 Å². The maximum absolute atomic E-state index is 12.9. The van der Waals surface area contributed by atoms with Crippen LogP contribution in [-0.2, 0) is 4.79 Å². The molecule has 1 aromatic carbocycles. The van der Waals surface area contributed by atoms with Crippen molar-refractivity contribution >= 4 is 17.7 Å². The Morgan fingerprint density at radius 2 is 2.08 bits per heavy atom. The molecule has 136 valence electrons. The van der Waals surface area contributed by atoms with Crippen LogP contribution in [0.4, 0.5) is 0 Å². The van der Waals surface area contributed by atoms with Crippen LogP contribution >= 0.6 is 11.8 Å². The van der Waals surface area contributed by atoms with Gasteiger partial charge in [0.1, 0.15) is 0 Å². The van der Waals surface area contributed by atoms with Crippen molar-refractivity contribution < 1.29 is 4.79 Å². The molecule has 0 N–H and O–H groups in total. The van der Waals surface area contributed by atoms with E-state index in [4.69, 9.17) is 0 Å². The van der Waals surface area contributed by atoms with Crippen molar-refractivity contribution in [3.05, 3.63) is 41.6 Å². The first-order chi connectivity index (χ1) is 12.7. The predicted octanol–water partition coefficient (Wildman–Crippen LogP) is 3.51. The van der Waals surface area contributed by atoms with E-state index in [-0.39, 0.29) is 5.91 Å². The third-order valence-electron chi connectivity index (χ3n) is 4.80. The van der Waals surface area contributed by atoms with Crippen molar-refractivity contribution in [2.45, 2.75) is 56.6 Å². The first-order valence-corrected chi connectivity index (χ1v) is 10.2. The summed E-state index contributed by atoms with van der Waals surface area (Å²) in [4.78, 5) is 14.9. The number of hydrogen-bond donors (Lipinski definition) is 0. The first-order valence-electron chi connectivity index (χ1n) is 9.22. The summed E-state index contributed by atoms with van der Waals surface area (Å²) in [5, 5.41) is 12.6. The van der Waals surface area contributed by atoms with Gasteiger partial charge in [0.25, 0.3) is 0 Å². The molecule has 1 saturated carbocycles. The Morgan fingerprint density at radius 1 is 1.27 bits per heavy atom.